The summed E-state index contributed by atoms with van der Waals surface area (Å²) >= 11 is 0. The minimum atomic E-state index is -0.213. The number of phenolic OH excluding ortho intramolecular Hbond substituents is 1. The van der Waals surface area contributed by atoms with E-state index in [2.05, 4.69) is 0 Å². The number of likely N-dealkylation sites (tertiary alicyclic amines) is 1. The van der Waals surface area contributed by atoms with E-state index in [4.69, 9.17) is 4.74 Å². The summed E-state index contributed by atoms with van der Waals surface area (Å²) in [7, 11) is 5.08. The number of rotatable bonds is 3. The second kappa shape index (κ2) is 6.34. The lowest BCUT2D eigenvalue weighted by Gasteiger charge is -2.31. The highest BCUT2D eigenvalue weighted by molar-refractivity contribution is 5.97. The van der Waals surface area contributed by atoms with Gasteiger partial charge < -0.3 is 19.6 Å². The maximum absolute atomic E-state index is 12.8. The molecule has 6 nitrogen and oxygen atoms in total. The first kappa shape index (κ1) is 16.6. The predicted molar refractivity (Wildman–Crippen MR) is 89.0 cm³/mol. The zero-order valence-corrected chi connectivity index (χ0v) is 14.4. The van der Waals surface area contributed by atoms with Crippen LogP contribution in [0.4, 0.5) is 0 Å². The zero-order chi connectivity index (χ0) is 17.4. The third-order valence-electron chi connectivity index (χ3n) is 5.50. The Bertz CT molecular complexity index is 660. The summed E-state index contributed by atoms with van der Waals surface area (Å²) in [6, 6.07) is 5.02. The summed E-state index contributed by atoms with van der Waals surface area (Å²) in [5.41, 5.74) is 0.250. The fraction of sp³-hybridized carbons (Fsp3) is 0.556. The minimum Gasteiger partial charge on any atom is -0.504 e. The molecule has 2 amide bonds. The van der Waals surface area contributed by atoms with Crippen molar-refractivity contribution in [2.45, 2.75) is 25.3 Å². The number of amides is 2. The smallest absolute Gasteiger partial charge is 0.257 e. The van der Waals surface area contributed by atoms with Gasteiger partial charge in [0.15, 0.2) is 11.5 Å². The molecule has 1 aromatic rings. The van der Waals surface area contributed by atoms with Crippen LogP contribution in [0.5, 0.6) is 11.5 Å². The van der Waals surface area contributed by atoms with Crippen molar-refractivity contribution in [1.29, 1.82) is 0 Å². The van der Waals surface area contributed by atoms with Crippen molar-refractivity contribution >= 4 is 11.8 Å². The Morgan fingerprint density at radius 2 is 2.04 bits per heavy atom. The lowest BCUT2D eigenvalue weighted by molar-refractivity contribution is -0.134. The molecule has 6 heteroatoms. The minimum absolute atomic E-state index is 0.0948. The first-order chi connectivity index (χ1) is 11.4. The molecule has 0 radical (unpaired) electrons. The molecule has 1 N–H and O–H groups in total. The van der Waals surface area contributed by atoms with Gasteiger partial charge in [-0.3, -0.25) is 9.59 Å². The lowest BCUT2D eigenvalue weighted by Crippen LogP contribution is -2.39. The van der Waals surface area contributed by atoms with E-state index in [1.165, 1.54) is 7.11 Å². The van der Waals surface area contributed by atoms with Crippen molar-refractivity contribution < 1.29 is 19.4 Å². The van der Waals surface area contributed by atoms with Crippen LogP contribution in [0, 0.1) is 11.8 Å². The predicted octanol–water partition coefficient (Wildman–Crippen LogP) is 1.73. The van der Waals surface area contributed by atoms with Gasteiger partial charge in [-0.2, -0.15) is 0 Å². The van der Waals surface area contributed by atoms with E-state index >= 15 is 0 Å². The van der Waals surface area contributed by atoms with Crippen LogP contribution in [0.2, 0.25) is 0 Å². The van der Waals surface area contributed by atoms with Crippen LogP contribution in [0.25, 0.3) is 0 Å². The Kier molecular flexibility index (Phi) is 4.39. The molecule has 0 unspecified atom stereocenters. The van der Waals surface area contributed by atoms with Crippen LogP contribution < -0.4 is 4.74 Å². The van der Waals surface area contributed by atoms with Gasteiger partial charge in [-0.05, 0) is 36.8 Å². The number of ether oxygens (including phenoxy) is 1. The summed E-state index contributed by atoms with van der Waals surface area (Å²) in [6.45, 7) is 0.770. The monoisotopic (exact) mass is 332 g/mol. The van der Waals surface area contributed by atoms with E-state index in [-0.39, 0.29) is 29.2 Å². The molecule has 0 spiro atoms. The van der Waals surface area contributed by atoms with Crippen LogP contribution in [0.3, 0.4) is 0 Å². The van der Waals surface area contributed by atoms with Crippen LogP contribution in [-0.4, -0.2) is 60.5 Å². The SMILES string of the molecule is COc1cccc(C(=O)N(C)[C@H]2C[C@H]3CC(=O)N(C)C[C@H]3C2)c1O. The summed E-state index contributed by atoms with van der Waals surface area (Å²) in [5, 5.41) is 10.2. The van der Waals surface area contributed by atoms with Crippen LogP contribution >= 0.6 is 0 Å². The van der Waals surface area contributed by atoms with E-state index in [1.54, 1.807) is 35.0 Å². The number of phenols is 1. The molecule has 1 heterocycles. The summed E-state index contributed by atoms with van der Waals surface area (Å²) in [4.78, 5) is 28.2. The molecule has 3 atom stereocenters. The van der Waals surface area contributed by atoms with Gasteiger partial charge in [0, 0.05) is 33.1 Å². The average Bonchev–Trinajstić information content (AvgIpc) is 2.97. The van der Waals surface area contributed by atoms with E-state index in [0.29, 0.717) is 24.0 Å². The number of aromatic hydroxyl groups is 1. The molecular weight excluding hydrogens is 308 g/mol. The topological polar surface area (TPSA) is 70.1 Å². The van der Waals surface area contributed by atoms with Crippen molar-refractivity contribution in [2.24, 2.45) is 11.8 Å². The van der Waals surface area contributed by atoms with Gasteiger partial charge in [-0.25, -0.2) is 0 Å². The van der Waals surface area contributed by atoms with Crippen molar-refractivity contribution in [2.75, 3.05) is 27.7 Å². The van der Waals surface area contributed by atoms with Gasteiger partial charge in [0.2, 0.25) is 5.91 Å². The van der Waals surface area contributed by atoms with E-state index in [0.717, 1.165) is 19.4 Å². The molecule has 0 aromatic heterocycles. The molecule has 0 bridgehead atoms. The van der Waals surface area contributed by atoms with Gasteiger partial charge in [-0.1, -0.05) is 6.07 Å². The van der Waals surface area contributed by atoms with Crippen molar-refractivity contribution in [1.82, 2.24) is 9.80 Å². The standard InChI is InChI=1S/C18H24N2O4/c1-19-10-12-8-13(7-11(12)9-16(19)21)20(2)18(23)14-5-4-6-15(24-3)17(14)22/h4-6,11-13,22H,7-10H2,1-3H3/t11-,12+,13-/m0/s1. The first-order valence-corrected chi connectivity index (χ1v) is 8.29. The molecule has 1 aliphatic carbocycles. The fourth-order valence-electron chi connectivity index (χ4n) is 4.02. The molecule has 130 valence electrons. The van der Waals surface area contributed by atoms with E-state index in [9.17, 15) is 14.7 Å². The highest BCUT2D eigenvalue weighted by Gasteiger charge is 2.42. The number of fused-ring (bicyclic) bond motifs is 1. The molecule has 3 rings (SSSR count). The summed E-state index contributed by atoms with van der Waals surface area (Å²) in [5.74, 6) is 0.953. The van der Waals surface area contributed by atoms with Crippen LogP contribution in [0.1, 0.15) is 29.6 Å². The molecule has 1 aromatic carbocycles. The van der Waals surface area contributed by atoms with Gasteiger partial charge in [0.1, 0.15) is 0 Å². The number of carbonyl (C=O) groups is 2. The van der Waals surface area contributed by atoms with Crippen molar-refractivity contribution in [3.05, 3.63) is 23.8 Å². The largest absolute Gasteiger partial charge is 0.504 e. The molecule has 24 heavy (non-hydrogen) atoms. The van der Waals surface area contributed by atoms with Gasteiger partial charge in [0.05, 0.1) is 12.7 Å². The highest BCUT2D eigenvalue weighted by Crippen LogP contribution is 2.40. The number of methoxy groups -OCH3 is 1. The average molecular weight is 332 g/mol. The van der Waals surface area contributed by atoms with Crippen molar-refractivity contribution in [3.63, 3.8) is 0 Å². The summed E-state index contributed by atoms with van der Waals surface area (Å²) in [6.07, 6.45) is 2.32. The first-order valence-electron chi connectivity index (χ1n) is 8.29. The number of para-hydroxylation sites is 1. The van der Waals surface area contributed by atoms with E-state index < -0.39 is 0 Å². The number of benzene rings is 1. The Balaban J connectivity index is 1.74. The number of hydrogen-bond acceptors (Lipinski definition) is 4. The molecule has 2 aliphatic rings. The van der Waals surface area contributed by atoms with Gasteiger partial charge in [0.25, 0.3) is 5.91 Å². The number of nitrogens with zero attached hydrogens (tertiary/aromatic N) is 2. The maximum Gasteiger partial charge on any atom is 0.257 e. The molecule has 1 saturated carbocycles. The lowest BCUT2D eigenvalue weighted by atomic mass is 9.88. The maximum atomic E-state index is 12.8. The molecule has 1 aliphatic heterocycles. The molecule has 2 fully saturated rings. The highest BCUT2D eigenvalue weighted by atomic mass is 16.5. The second-order valence-electron chi connectivity index (χ2n) is 6.90. The summed E-state index contributed by atoms with van der Waals surface area (Å²) < 4.78 is 5.08. The molecule has 1 saturated heterocycles. The number of carbonyl (C=O) groups excluding carboxylic acids is 2. The van der Waals surface area contributed by atoms with Crippen LogP contribution in [-0.2, 0) is 4.79 Å². The van der Waals surface area contributed by atoms with Crippen molar-refractivity contribution in [3.8, 4) is 11.5 Å². The second-order valence-corrected chi connectivity index (χ2v) is 6.90. The van der Waals surface area contributed by atoms with E-state index in [1.807, 2.05) is 7.05 Å². The Labute approximate surface area is 142 Å². The van der Waals surface area contributed by atoms with Crippen LogP contribution in [0.15, 0.2) is 18.2 Å². The Hall–Kier alpha value is -2.24. The third-order valence-corrected chi connectivity index (χ3v) is 5.50. The fourth-order valence-corrected chi connectivity index (χ4v) is 4.02. The normalized spacial score (nSPS) is 26.2. The van der Waals surface area contributed by atoms with Gasteiger partial charge >= 0.3 is 0 Å². The molecular formula is C18H24N2O4. The number of hydrogen-bond donors (Lipinski definition) is 1. The van der Waals surface area contributed by atoms with Gasteiger partial charge in [-0.15, -0.1) is 0 Å². The Morgan fingerprint density at radius 3 is 2.75 bits per heavy atom. The number of piperidine rings is 1. The Morgan fingerprint density at radius 1 is 1.33 bits per heavy atom. The quantitative estimate of drug-likeness (QED) is 0.915. The third kappa shape index (κ3) is 2.81. The zero-order valence-electron chi connectivity index (χ0n) is 14.4.